The number of phenolic OH excluding ortho intramolecular Hbond substituents is 1. The topological polar surface area (TPSA) is 195 Å². The zero-order chi connectivity index (χ0) is 36.5. The first-order valence-electron chi connectivity index (χ1n) is 16.7. The van der Waals surface area contributed by atoms with Gasteiger partial charge in [-0.1, -0.05) is 52.0 Å². The van der Waals surface area contributed by atoms with E-state index >= 15 is 0 Å². The van der Waals surface area contributed by atoms with E-state index in [0.717, 1.165) is 5.56 Å². The average molecular weight is 690 g/mol. The van der Waals surface area contributed by atoms with Crippen molar-refractivity contribution in [3.8, 4) is 22.8 Å². The number of carbonyl (C=O) groups is 5. The van der Waals surface area contributed by atoms with E-state index in [1.165, 1.54) is 24.0 Å². The summed E-state index contributed by atoms with van der Waals surface area (Å²) < 4.78 is 5.23. The maximum Gasteiger partial charge on any atom is 0.272 e. The molecule has 2 heterocycles. The van der Waals surface area contributed by atoms with E-state index in [4.69, 9.17) is 4.74 Å². The van der Waals surface area contributed by atoms with Crippen molar-refractivity contribution in [3.05, 3.63) is 65.9 Å². The van der Waals surface area contributed by atoms with Gasteiger partial charge in [-0.2, -0.15) is 5.10 Å². The van der Waals surface area contributed by atoms with Crippen molar-refractivity contribution in [1.29, 1.82) is 0 Å². The number of methoxy groups -OCH3 is 1. The number of hydrogen-bond donors (Lipinski definition) is 6. The van der Waals surface area contributed by atoms with Gasteiger partial charge in [0.15, 0.2) is 0 Å². The van der Waals surface area contributed by atoms with Crippen LogP contribution in [0.5, 0.6) is 11.5 Å². The summed E-state index contributed by atoms with van der Waals surface area (Å²) in [5, 5.41) is 28.4. The van der Waals surface area contributed by atoms with Gasteiger partial charge in [-0.05, 0) is 61.1 Å². The highest BCUT2D eigenvalue weighted by Crippen LogP contribution is 2.27. The van der Waals surface area contributed by atoms with Crippen molar-refractivity contribution in [2.24, 2.45) is 11.8 Å². The van der Waals surface area contributed by atoms with E-state index in [-0.39, 0.29) is 42.7 Å². The van der Waals surface area contributed by atoms with Crippen molar-refractivity contribution in [2.75, 3.05) is 20.2 Å². The van der Waals surface area contributed by atoms with Gasteiger partial charge in [-0.15, -0.1) is 0 Å². The number of aromatic nitrogens is 2. The number of aromatic hydroxyl groups is 1. The first-order chi connectivity index (χ1) is 23.7. The monoisotopic (exact) mass is 689 g/mol. The molecule has 1 aromatic heterocycles. The summed E-state index contributed by atoms with van der Waals surface area (Å²) in [5.74, 6) is -2.42. The molecule has 0 aliphatic carbocycles. The van der Waals surface area contributed by atoms with Crippen molar-refractivity contribution >= 4 is 29.5 Å². The Morgan fingerprint density at radius 1 is 0.920 bits per heavy atom. The number of hydrogen-bond acceptors (Lipinski definition) is 8. The van der Waals surface area contributed by atoms with Gasteiger partial charge in [-0.3, -0.25) is 29.1 Å². The number of rotatable bonds is 8. The predicted molar refractivity (Wildman–Crippen MR) is 186 cm³/mol. The third kappa shape index (κ3) is 9.83. The van der Waals surface area contributed by atoms with E-state index < -0.39 is 60.2 Å². The molecular formula is C36H47N7O7. The second-order valence-electron chi connectivity index (χ2n) is 13.3. The van der Waals surface area contributed by atoms with Crippen molar-refractivity contribution in [1.82, 2.24) is 36.4 Å². The molecule has 50 heavy (non-hydrogen) atoms. The number of nitrogens with one attached hydrogen (secondary N) is 5. The summed E-state index contributed by atoms with van der Waals surface area (Å²) in [5.41, 5.74) is 1.53. The largest absolute Gasteiger partial charge is 0.507 e. The number of amides is 5. The quantitative estimate of drug-likeness (QED) is 0.207. The van der Waals surface area contributed by atoms with Gasteiger partial charge in [0.1, 0.15) is 35.3 Å². The Hall–Kier alpha value is -5.40. The van der Waals surface area contributed by atoms with Crippen LogP contribution in [0.2, 0.25) is 0 Å². The van der Waals surface area contributed by atoms with Crippen LogP contribution in [0.25, 0.3) is 11.3 Å². The first-order valence-corrected chi connectivity index (χ1v) is 16.7. The zero-order valence-corrected chi connectivity index (χ0v) is 29.3. The Kier molecular flexibility index (Phi) is 12.6. The molecule has 1 aliphatic heterocycles. The fraction of sp³-hybridized carbons (Fsp3) is 0.444. The summed E-state index contributed by atoms with van der Waals surface area (Å²) in [4.78, 5) is 69.7. The summed E-state index contributed by atoms with van der Waals surface area (Å²) in [6.45, 7) is 8.57. The Bertz CT molecular complexity index is 1670. The van der Waals surface area contributed by atoms with Crippen molar-refractivity contribution < 1.29 is 33.8 Å². The SMILES string of the molecule is COc1ccc(C[C@@H]2NC(=O)[C@H](CC(C)C)NC(=O)CN(C(=O)c3cc(-c4ccccc4O)n[nH]3)C[C@H](C(C)C)NC(=O)[C@@H](C)NC2=O)cc1. The summed E-state index contributed by atoms with van der Waals surface area (Å²) in [6.07, 6.45) is 0.375. The van der Waals surface area contributed by atoms with Gasteiger partial charge in [0.25, 0.3) is 5.91 Å². The second-order valence-corrected chi connectivity index (χ2v) is 13.3. The average Bonchev–Trinajstić information content (AvgIpc) is 3.56. The van der Waals surface area contributed by atoms with E-state index in [1.807, 2.05) is 27.7 Å². The van der Waals surface area contributed by atoms with Crippen molar-refractivity contribution in [3.63, 3.8) is 0 Å². The van der Waals surface area contributed by atoms with Crippen molar-refractivity contribution in [2.45, 2.75) is 71.6 Å². The smallest absolute Gasteiger partial charge is 0.272 e. The standard InChI is InChI=1S/C36H47N7O7/c1-20(2)15-27-35(48)39-28(16-23-11-13-24(50-6)14-12-23)34(47)37-22(5)33(46)40-30(21(3)4)18-43(19-32(45)38-27)36(49)29-17-26(41-42-29)25-9-7-8-10-31(25)44/h7-14,17,20-22,27-28,30,44H,15-16,18-19H2,1-6H3,(H,37,47)(H,38,45)(H,39,48)(H,40,46)(H,41,42)/t22-,27+,28+,30-/m1/s1. The lowest BCUT2D eigenvalue weighted by molar-refractivity contribution is -0.133. The van der Waals surface area contributed by atoms with Crippen LogP contribution in [0.15, 0.2) is 54.6 Å². The Morgan fingerprint density at radius 2 is 1.60 bits per heavy atom. The molecule has 1 aliphatic rings. The fourth-order valence-corrected chi connectivity index (χ4v) is 5.59. The molecule has 0 radical (unpaired) electrons. The van der Waals surface area contributed by atoms with Crippen LogP contribution in [0.1, 0.15) is 57.1 Å². The van der Waals surface area contributed by atoms with E-state index in [9.17, 15) is 29.1 Å². The molecule has 14 nitrogen and oxygen atoms in total. The van der Waals surface area contributed by atoms with Crippen LogP contribution in [-0.2, 0) is 25.6 Å². The molecule has 5 amide bonds. The minimum absolute atomic E-state index is 0.00952. The highest BCUT2D eigenvalue weighted by Gasteiger charge is 2.33. The fourth-order valence-electron chi connectivity index (χ4n) is 5.59. The van der Waals surface area contributed by atoms with Gasteiger partial charge < -0.3 is 36.0 Å². The minimum Gasteiger partial charge on any atom is -0.507 e. The molecule has 1 fully saturated rings. The molecule has 0 saturated carbocycles. The molecule has 14 heteroatoms. The van der Waals surface area contributed by atoms with Crippen LogP contribution in [0.3, 0.4) is 0 Å². The number of phenols is 1. The van der Waals surface area contributed by atoms with Crippen LogP contribution >= 0.6 is 0 Å². The zero-order valence-electron chi connectivity index (χ0n) is 29.3. The molecule has 2 aromatic carbocycles. The summed E-state index contributed by atoms with van der Waals surface area (Å²) in [7, 11) is 1.54. The molecule has 1 saturated heterocycles. The summed E-state index contributed by atoms with van der Waals surface area (Å²) in [6, 6.07) is 11.4. The van der Waals surface area contributed by atoms with Gasteiger partial charge in [0.05, 0.1) is 19.3 Å². The minimum atomic E-state index is -1.07. The molecule has 3 aromatic rings. The predicted octanol–water partition coefficient (Wildman–Crippen LogP) is 2.15. The molecule has 6 N–H and O–H groups in total. The molecule has 268 valence electrons. The number of ether oxygens (including phenoxy) is 1. The number of nitrogens with zero attached hydrogens (tertiary/aromatic N) is 2. The van der Waals surface area contributed by atoms with E-state index in [2.05, 4.69) is 31.5 Å². The molecule has 0 unspecified atom stereocenters. The van der Waals surface area contributed by atoms with Gasteiger partial charge >= 0.3 is 0 Å². The summed E-state index contributed by atoms with van der Waals surface area (Å²) >= 11 is 0. The molecule has 4 rings (SSSR count). The second kappa shape index (κ2) is 16.8. The number of para-hydroxylation sites is 1. The molecule has 4 atom stereocenters. The number of H-pyrrole nitrogens is 1. The number of benzene rings is 2. The van der Waals surface area contributed by atoms with E-state index in [0.29, 0.717) is 17.0 Å². The molecule has 0 spiro atoms. The van der Waals surface area contributed by atoms with E-state index in [1.54, 1.807) is 49.6 Å². The lowest BCUT2D eigenvalue weighted by atomic mass is 10.0. The third-order valence-corrected chi connectivity index (χ3v) is 8.50. The lowest BCUT2D eigenvalue weighted by Gasteiger charge is -2.31. The number of carbonyl (C=O) groups excluding carboxylic acids is 5. The Balaban J connectivity index is 1.67. The van der Waals surface area contributed by atoms with Crippen LogP contribution in [0, 0.1) is 11.8 Å². The van der Waals surface area contributed by atoms with Gasteiger partial charge in [0.2, 0.25) is 23.6 Å². The van der Waals surface area contributed by atoms with Gasteiger partial charge in [-0.25, -0.2) is 0 Å². The maximum absolute atomic E-state index is 14.0. The van der Waals surface area contributed by atoms with Crippen LogP contribution in [0.4, 0.5) is 0 Å². The first kappa shape index (κ1) is 37.4. The normalized spacial score (nSPS) is 21.1. The number of aromatic amines is 1. The molecular weight excluding hydrogens is 642 g/mol. The Labute approximate surface area is 291 Å². The van der Waals surface area contributed by atoms with Crippen LogP contribution in [-0.4, -0.2) is 94.1 Å². The van der Waals surface area contributed by atoms with Gasteiger partial charge in [0, 0.05) is 24.6 Å². The highest BCUT2D eigenvalue weighted by molar-refractivity contribution is 5.98. The van der Waals surface area contributed by atoms with Crippen LogP contribution < -0.4 is 26.0 Å². The lowest BCUT2D eigenvalue weighted by Crippen LogP contribution is -2.57. The maximum atomic E-state index is 14.0. The third-order valence-electron chi connectivity index (χ3n) is 8.50. The molecule has 0 bridgehead atoms. The Morgan fingerprint density at radius 3 is 2.24 bits per heavy atom. The highest BCUT2D eigenvalue weighted by atomic mass is 16.5.